The molecule has 24 heavy (non-hydrogen) atoms. The van der Waals surface area contributed by atoms with Crippen LogP contribution in [0.3, 0.4) is 0 Å². The van der Waals surface area contributed by atoms with Gasteiger partial charge in [0.1, 0.15) is 0 Å². The lowest BCUT2D eigenvalue weighted by atomic mass is 10.1. The number of benzene rings is 1. The number of guanidine groups is 1. The fourth-order valence-corrected chi connectivity index (χ4v) is 2.71. The third-order valence-electron chi connectivity index (χ3n) is 4.08. The molecule has 130 valence electrons. The second-order valence-electron chi connectivity index (χ2n) is 5.74. The minimum atomic E-state index is 0. The van der Waals surface area contributed by atoms with Gasteiger partial charge in [0.05, 0.1) is 11.6 Å². The Morgan fingerprint density at radius 3 is 2.58 bits per heavy atom. The zero-order valence-corrected chi connectivity index (χ0v) is 16.5. The Kier molecular flexibility index (Phi) is 9.42. The molecule has 1 aliphatic heterocycles. The lowest BCUT2D eigenvalue weighted by Crippen LogP contribution is -2.48. The van der Waals surface area contributed by atoms with Gasteiger partial charge >= 0.3 is 0 Å². The van der Waals surface area contributed by atoms with Crippen LogP contribution in [-0.4, -0.2) is 43.6 Å². The normalized spacial score (nSPS) is 15.9. The van der Waals surface area contributed by atoms with Gasteiger partial charge in [-0.25, -0.2) is 0 Å². The highest BCUT2D eigenvalue weighted by molar-refractivity contribution is 14.0. The van der Waals surface area contributed by atoms with Crippen molar-refractivity contribution in [3.63, 3.8) is 0 Å². The summed E-state index contributed by atoms with van der Waals surface area (Å²) in [5, 5.41) is 15.6. The SMILES string of the molecule is C=CCN1CCC(NC(=NC)NCc2ccc(C#N)cc2)CC1.I. The molecule has 1 aliphatic rings. The van der Waals surface area contributed by atoms with Gasteiger partial charge in [-0.05, 0) is 30.5 Å². The molecule has 1 fully saturated rings. The van der Waals surface area contributed by atoms with Crippen LogP contribution in [0.25, 0.3) is 0 Å². The van der Waals surface area contributed by atoms with Gasteiger partial charge in [-0.15, -0.1) is 30.6 Å². The third-order valence-corrected chi connectivity index (χ3v) is 4.08. The van der Waals surface area contributed by atoms with Gasteiger partial charge in [-0.2, -0.15) is 5.26 Å². The van der Waals surface area contributed by atoms with Crippen molar-refractivity contribution in [1.82, 2.24) is 15.5 Å². The van der Waals surface area contributed by atoms with Gasteiger partial charge < -0.3 is 10.6 Å². The van der Waals surface area contributed by atoms with E-state index in [2.05, 4.69) is 33.2 Å². The molecule has 2 rings (SSSR count). The molecule has 0 unspecified atom stereocenters. The maximum Gasteiger partial charge on any atom is 0.191 e. The summed E-state index contributed by atoms with van der Waals surface area (Å²) in [6, 6.07) is 10.2. The van der Waals surface area contributed by atoms with Crippen LogP contribution in [0.15, 0.2) is 41.9 Å². The van der Waals surface area contributed by atoms with Crippen LogP contribution in [0.5, 0.6) is 0 Å². The first-order valence-corrected chi connectivity index (χ1v) is 8.04. The lowest BCUT2D eigenvalue weighted by molar-refractivity contribution is 0.225. The molecule has 0 amide bonds. The van der Waals surface area contributed by atoms with E-state index in [4.69, 9.17) is 5.26 Å². The number of hydrogen-bond acceptors (Lipinski definition) is 3. The zero-order valence-electron chi connectivity index (χ0n) is 14.2. The Labute approximate surface area is 161 Å². The number of aliphatic imine (C=N–C) groups is 1. The highest BCUT2D eigenvalue weighted by atomic mass is 127. The molecule has 0 bridgehead atoms. The number of piperidine rings is 1. The van der Waals surface area contributed by atoms with Gasteiger partial charge in [0.2, 0.25) is 0 Å². The van der Waals surface area contributed by atoms with Gasteiger partial charge in [-0.1, -0.05) is 18.2 Å². The number of rotatable bonds is 5. The molecule has 0 spiro atoms. The van der Waals surface area contributed by atoms with Crippen molar-refractivity contribution in [2.45, 2.75) is 25.4 Å². The van der Waals surface area contributed by atoms with Crippen LogP contribution < -0.4 is 10.6 Å². The van der Waals surface area contributed by atoms with Crippen LogP contribution in [0.2, 0.25) is 0 Å². The molecule has 5 nitrogen and oxygen atoms in total. The van der Waals surface area contributed by atoms with Crippen molar-refractivity contribution >= 4 is 29.9 Å². The number of halogens is 1. The van der Waals surface area contributed by atoms with Crippen LogP contribution in [0.1, 0.15) is 24.0 Å². The van der Waals surface area contributed by atoms with E-state index >= 15 is 0 Å². The molecule has 2 N–H and O–H groups in total. The summed E-state index contributed by atoms with van der Waals surface area (Å²) in [6.45, 7) is 7.65. The van der Waals surface area contributed by atoms with E-state index in [0.29, 0.717) is 18.2 Å². The highest BCUT2D eigenvalue weighted by Crippen LogP contribution is 2.10. The molecular formula is C18H26IN5. The van der Waals surface area contributed by atoms with Crippen molar-refractivity contribution in [1.29, 1.82) is 5.26 Å². The summed E-state index contributed by atoms with van der Waals surface area (Å²) >= 11 is 0. The minimum absolute atomic E-state index is 0. The van der Waals surface area contributed by atoms with Crippen LogP contribution >= 0.6 is 24.0 Å². The van der Waals surface area contributed by atoms with Crippen LogP contribution in [-0.2, 0) is 6.54 Å². The summed E-state index contributed by atoms with van der Waals surface area (Å²) < 4.78 is 0. The molecule has 1 aromatic rings. The number of likely N-dealkylation sites (tertiary alicyclic amines) is 1. The highest BCUT2D eigenvalue weighted by Gasteiger charge is 2.18. The van der Waals surface area contributed by atoms with Crippen LogP contribution in [0.4, 0.5) is 0 Å². The monoisotopic (exact) mass is 439 g/mol. The van der Waals surface area contributed by atoms with Crippen molar-refractivity contribution in [2.75, 3.05) is 26.7 Å². The Morgan fingerprint density at radius 2 is 2.04 bits per heavy atom. The first-order valence-electron chi connectivity index (χ1n) is 8.04. The largest absolute Gasteiger partial charge is 0.354 e. The lowest BCUT2D eigenvalue weighted by Gasteiger charge is -2.32. The Balaban J connectivity index is 0.00000288. The van der Waals surface area contributed by atoms with Crippen molar-refractivity contribution < 1.29 is 0 Å². The fraction of sp³-hybridized carbons (Fsp3) is 0.444. The number of hydrogen-bond donors (Lipinski definition) is 2. The second kappa shape index (κ2) is 11.0. The smallest absolute Gasteiger partial charge is 0.191 e. The van der Waals surface area contributed by atoms with Gasteiger partial charge in [0, 0.05) is 39.3 Å². The average Bonchev–Trinajstić information content (AvgIpc) is 2.60. The van der Waals surface area contributed by atoms with E-state index in [0.717, 1.165) is 44.0 Å². The molecule has 0 aliphatic carbocycles. The van der Waals surface area contributed by atoms with E-state index < -0.39 is 0 Å². The van der Waals surface area contributed by atoms with E-state index in [1.165, 1.54) is 0 Å². The van der Waals surface area contributed by atoms with Crippen molar-refractivity contribution in [3.05, 3.63) is 48.0 Å². The number of nitrogens with one attached hydrogen (secondary N) is 2. The van der Waals surface area contributed by atoms with Gasteiger partial charge in [-0.3, -0.25) is 9.89 Å². The second-order valence-corrected chi connectivity index (χ2v) is 5.74. The van der Waals surface area contributed by atoms with E-state index in [-0.39, 0.29) is 24.0 Å². The topological polar surface area (TPSA) is 63.4 Å². The van der Waals surface area contributed by atoms with Crippen LogP contribution in [0, 0.1) is 11.3 Å². The summed E-state index contributed by atoms with van der Waals surface area (Å²) in [5.41, 5.74) is 1.82. The van der Waals surface area contributed by atoms with E-state index in [1.54, 1.807) is 7.05 Å². The van der Waals surface area contributed by atoms with E-state index in [9.17, 15) is 0 Å². The Bertz CT molecular complexity index is 568. The first-order chi connectivity index (χ1) is 11.2. The summed E-state index contributed by atoms with van der Waals surface area (Å²) in [7, 11) is 1.79. The maximum atomic E-state index is 8.82. The predicted molar refractivity (Wildman–Crippen MR) is 110 cm³/mol. The molecule has 0 atom stereocenters. The molecular weight excluding hydrogens is 413 g/mol. The Morgan fingerprint density at radius 1 is 1.38 bits per heavy atom. The molecule has 1 saturated heterocycles. The Hall–Kier alpha value is -1.59. The molecule has 0 radical (unpaired) electrons. The zero-order chi connectivity index (χ0) is 16.5. The number of nitriles is 1. The van der Waals surface area contributed by atoms with Gasteiger partial charge in [0.15, 0.2) is 5.96 Å². The summed E-state index contributed by atoms with van der Waals surface area (Å²) in [6.07, 6.45) is 4.20. The molecule has 1 aromatic carbocycles. The molecule has 0 saturated carbocycles. The quantitative estimate of drug-likeness (QED) is 0.320. The van der Waals surface area contributed by atoms with E-state index in [1.807, 2.05) is 30.3 Å². The standard InChI is InChI=1S/C18H25N5.HI/c1-3-10-23-11-8-17(9-12-23)22-18(20-2)21-14-16-6-4-15(13-19)5-7-16;/h3-7,17H,1,8-12,14H2,2H3,(H2,20,21,22);1H. The predicted octanol–water partition coefficient (Wildman–Crippen LogP) is 2.49. The van der Waals surface area contributed by atoms with Crippen molar-refractivity contribution in [2.24, 2.45) is 4.99 Å². The minimum Gasteiger partial charge on any atom is -0.354 e. The third kappa shape index (κ3) is 6.49. The fourth-order valence-electron chi connectivity index (χ4n) is 2.71. The average molecular weight is 439 g/mol. The maximum absolute atomic E-state index is 8.82. The van der Waals surface area contributed by atoms with Gasteiger partial charge in [0.25, 0.3) is 0 Å². The summed E-state index contributed by atoms with van der Waals surface area (Å²) in [5.74, 6) is 0.830. The first kappa shape index (κ1) is 20.5. The summed E-state index contributed by atoms with van der Waals surface area (Å²) in [4.78, 5) is 6.71. The molecule has 0 aromatic heterocycles. The van der Waals surface area contributed by atoms with Crippen molar-refractivity contribution in [3.8, 4) is 6.07 Å². The number of nitrogens with zero attached hydrogens (tertiary/aromatic N) is 3. The molecule has 6 heteroatoms. The molecule has 1 heterocycles.